The van der Waals surface area contributed by atoms with Crippen molar-refractivity contribution in [2.45, 2.75) is 52.7 Å². The molecule has 2 aromatic rings. The third-order valence-electron chi connectivity index (χ3n) is 6.50. The summed E-state index contributed by atoms with van der Waals surface area (Å²) in [5.74, 6) is -0.147. The Morgan fingerprint density at radius 1 is 1.13 bits per heavy atom. The van der Waals surface area contributed by atoms with E-state index in [1.807, 2.05) is 58.0 Å². The summed E-state index contributed by atoms with van der Waals surface area (Å²) < 4.78 is 12.0. The standard InChI is InChI=1S/C25H25ClO4S/c1-12-15(11-18(31-12)13-5-7-14(26)8-6-13)19-22(27)20-16-9-10-17(29-16)21(20)23(19)30-24(28)25(2,3)4/h5-8,11,16-17,20-21H,9-10H2,1-4H3/t16-,17+,20+,21-/m0/s1. The van der Waals surface area contributed by atoms with Gasteiger partial charge in [-0.15, -0.1) is 11.3 Å². The molecule has 0 saturated carbocycles. The van der Waals surface area contributed by atoms with Gasteiger partial charge in [0.1, 0.15) is 5.76 Å². The number of allylic oxidation sites excluding steroid dienone is 1. The van der Waals surface area contributed by atoms with E-state index in [1.54, 1.807) is 11.3 Å². The first-order valence-electron chi connectivity index (χ1n) is 10.7. The zero-order valence-corrected chi connectivity index (χ0v) is 19.6. The number of carbonyl (C=O) groups excluding carboxylic acids is 2. The van der Waals surface area contributed by atoms with Gasteiger partial charge in [0.25, 0.3) is 0 Å². The summed E-state index contributed by atoms with van der Waals surface area (Å²) in [4.78, 5) is 28.5. The molecule has 3 aliphatic rings. The lowest BCUT2D eigenvalue weighted by atomic mass is 9.80. The highest BCUT2D eigenvalue weighted by Gasteiger charge is 2.60. The van der Waals surface area contributed by atoms with Crippen molar-refractivity contribution in [3.05, 3.63) is 51.6 Å². The van der Waals surface area contributed by atoms with Crippen molar-refractivity contribution in [1.82, 2.24) is 0 Å². The van der Waals surface area contributed by atoms with E-state index in [4.69, 9.17) is 21.1 Å². The molecule has 2 fully saturated rings. The first kappa shape index (κ1) is 20.9. The number of Topliss-reactive ketones (excluding diaryl/α,β-unsaturated/α-hetero) is 1. The van der Waals surface area contributed by atoms with Crippen molar-refractivity contribution in [2.24, 2.45) is 17.3 Å². The van der Waals surface area contributed by atoms with E-state index >= 15 is 0 Å². The Hall–Kier alpha value is -1.95. The van der Waals surface area contributed by atoms with Gasteiger partial charge in [0.15, 0.2) is 5.78 Å². The third-order valence-corrected chi connectivity index (χ3v) is 7.85. The van der Waals surface area contributed by atoms with Crippen LogP contribution in [-0.2, 0) is 19.1 Å². The molecule has 2 bridgehead atoms. The van der Waals surface area contributed by atoms with Gasteiger partial charge in [-0.25, -0.2) is 0 Å². The molecule has 5 rings (SSSR count). The maximum Gasteiger partial charge on any atom is 0.316 e. The van der Waals surface area contributed by atoms with Crippen LogP contribution in [0.3, 0.4) is 0 Å². The highest BCUT2D eigenvalue weighted by Crippen LogP contribution is 2.55. The zero-order chi connectivity index (χ0) is 22.1. The fourth-order valence-electron chi connectivity index (χ4n) is 4.92. The largest absolute Gasteiger partial charge is 0.429 e. The lowest BCUT2D eigenvalue weighted by Crippen LogP contribution is -2.31. The fourth-order valence-corrected chi connectivity index (χ4v) is 6.08. The summed E-state index contributed by atoms with van der Waals surface area (Å²) in [5, 5.41) is 0.686. The van der Waals surface area contributed by atoms with Gasteiger partial charge in [0, 0.05) is 20.3 Å². The van der Waals surface area contributed by atoms with Crippen LogP contribution in [0, 0.1) is 24.2 Å². The predicted octanol–water partition coefficient (Wildman–Crippen LogP) is 6.05. The second kappa shape index (κ2) is 7.29. The van der Waals surface area contributed by atoms with Gasteiger partial charge in [0.2, 0.25) is 0 Å². The number of ketones is 1. The number of thiophene rings is 1. The molecule has 2 saturated heterocycles. The Kier molecular flexibility index (Phi) is 4.92. The minimum atomic E-state index is -0.657. The van der Waals surface area contributed by atoms with Gasteiger partial charge >= 0.3 is 5.97 Å². The maximum absolute atomic E-state index is 13.6. The topological polar surface area (TPSA) is 52.6 Å². The van der Waals surface area contributed by atoms with E-state index in [2.05, 4.69) is 0 Å². The zero-order valence-electron chi connectivity index (χ0n) is 18.0. The number of esters is 1. The van der Waals surface area contributed by atoms with Crippen LogP contribution in [0.4, 0.5) is 0 Å². The summed E-state index contributed by atoms with van der Waals surface area (Å²) in [7, 11) is 0. The number of hydrogen-bond donors (Lipinski definition) is 0. The van der Waals surface area contributed by atoms with Crippen molar-refractivity contribution in [3.63, 3.8) is 0 Å². The SMILES string of the molecule is Cc1sc(-c2ccc(Cl)cc2)cc1C1=C(OC(=O)C(C)(C)C)[C@@H]2[C@H](C1=O)[C@@H]1CC[C@H]2O1. The highest BCUT2D eigenvalue weighted by atomic mass is 35.5. The first-order valence-corrected chi connectivity index (χ1v) is 11.9. The molecule has 0 spiro atoms. The van der Waals surface area contributed by atoms with Crippen LogP contribution >= 0.6 is 22.9 Å². The van der Waals surface area contributed by atoms with Crippen molar-refractivity contribution in [2.75, 3.05) is 0 Å². The maximum atomic E-state index is 13.6. The fraction of sp³-hybridized carbons (Fsp3) is 0.440. The van der Waals surface area contributed by atoms with Crippen LogP contribution in [0.2, 0.25) is 5.02 Å². The monoisotopic (exact) mass is 456 g/mol. The van der Waals surface area contributed by atoms with Gasteiger partial charge in [-0.2, -0.15) is 0 Å². The summed E-state index contributed by atoms with van der Waals surface area (Å²) >= 11 is 7.67. The van der Waals surface area contributed by atoms with E-state index in [-0.39, 0.29) is 35.8 Å². The van der Waals surface area contributed by atoms with E-state index in [1.165, 1.54) is 0 Å². The molecule has 0 amide bonds. The normalized spacial score (nSPS) is 27.2. The van der Waals surface area contributed by atoms with E-state index in [9.17, 15) is 9.59 Å². The molecule has 1 aromatic carbocycles. The van der Waals surface area contributed by atoms with E-state index < -0.39 is 5.41 Å². The Bertz CT molecular complexity index is 1110. The molecule has 4 atom stereocenters. The average molecular weight is 457 g/mol. The Morgan fingerprint density at radius 2 is 1.77 bits per heavy atom. The van der Waals surface area contributed by atoms with Crippen molar-refractivity contribution < 1.29 is 19.1 Å². The molecular weight excluding hydrogens is 432 g/mol. The molecule has 4 nitrogen and oxygen atoms in total. The summed E-state index contributed by atoms with van der Waals surface area (Å²) in [6.07, 6.45) is 1.68. The van der Waals surface area contributed by atoms with Crippen LogP contribution in [0.5, 0.6) is 0 Å². The molecule has 2 aliphatic heterocycles. The summed E-state index contributed by atoms with van der Waals surface area (Å²) in [6, 6.07) is 9.73. The molecule has 0 N–H and O–H groups in total. The molecule has 0 radical (unpaired) electrons. The van der Waals surface area contributed by atoms with Gasteiger partial charge in [-0.1, -0.05) is 23.7 Å². The quantitative estimate of drug-likeness (QED) is 0.527. The van der Waals surface area contributed by atoms with Gasteiger partial charge in [-0.05, 0) is 64.3 Å². The van der Waals surface area contributed by atoms with Crippen LogP contribution in [0.15, 0.2) is 36.1 Å². The van der Waals surface area contributed by atoms with E-state index in [0.29, 0.717) is 16.4 Å². The van der Waals surface area contributed by atoms with Crippen molar-refractivity contribution in [3.8, 4) is 10.4 Å². The Morgan fingerprint density at radius 3 is 2.42 bits per heavy atom. The predicted molar refractivity (Wildman–Crippen MR) is 122 cm³/mol. The number of hydrogen-bond acceptors (Lipinski definition) is 5. The molecular formula is C25H25ClO4S. The van der Waals surface area contributed by atoms with Crippen LogP contribution in [-0.4, -0.2) is 24.0 Å². The lowest BCUT2D eigenvalue weighted by molar-refractivity contribution is -0.149. The average Bonchev–Trinajstić information content (AvgIpc) is 3.45. The molecule has 6 heteroatoms. The molecule has 3 heterocycles. The molecule has 31 heavy (non-hydrogen) atoms. The van der Waals surface area contributed by atoms with Crippen molar-refractivity contribution in [1.29, 1.82) is 0 Å². The second-order valence-corrected chi connectivity index (χ2v) is 11.4. The van der Waals surface area contributed by atoms with Gasteiger partial charge in [-0.3, -0.25) is 9.59 Å². The van der Waals surface area contributed by atoms with Crippen LogP contribution in [0.25, 0.3) is 16.0 Å². The van der Waals surface area contributed by atoms with E-state index in [0.717, 1.165) is 33.7 Å². The number of rotatable bonds is 3. The third kappa shape index (κ3) is 3.38. The number of fused-ring (bicyclic) bond motifs is 5. The molecule has 1 aromatic heterocycles. The molecule has 0 unspecified atom stereocenters. The van der Waals surface area contributed by atoms with Gasteiger partial charge < -0.3 is 9.47 Å². The number of carbonyl (C=O) groups is 2. The minimum Gasteiger partial charge on any atom is -0.429 e. The van der Waals surface area contributed by atoms with Crippen LogP contribution in [0.1, 0.15) is 44.1 Å². The Labute approximate surface area is 191 Å². The number of benzene rings is 1. The number of ether oxygens (including phenoxy) is 2. The smallest absolute Gasteiger partial charge is 0.316 e. The molecule has 1 aliphatic carbocycles. The minimum absolute atomic E-state index is 0.0473. The second-order valence-electron chi connectivity index (χ2n) is 9.67. The highest BCUT2D eigenvalue weighted by molar-refractivity contribution is 7.15. The Balaban J connectivity index is 1.61. The number of aryl methyl sites for hydroxylation is 1. The van der Waals surface area contributed by atoms with Crippen LogP contribution < -0.4 is 0 Å². The lowest BCUT2D eigenvalue weighted by Gasteiger charge is -2.24. The van der Waals surface area contributed by atoms with Crippen molar-refractivity contribution >= 4 is 40.3 Å². The summed E-state index contributed by atoms with van der Waals surface area (Å²) in [5.41, 5.74) is 1.83. The summed E-state index contributed by atoms with van der Waals surface area (Å²) in [6.45, 7) is 7.50. The molecule has 162 valence electrons. The first-order chi connectivity index (χ1) is 14.6. The van der Waals surface area contributed by atoms with Gasteiger partial charge in [0.05, 0.1) is 35.0 Å². The number of halogens is 1.